The van der Waals surface area contributed by atoms with Gasteiger partial charge in [-0.2, -0.15) is 0 Å². The number of nitrogens with zero attached hydrogens (tertiary/aromatic N) is 2. The minimum absolute atomic E-state index is 0.0604. The maximum Gasteiger partial charge on any atom is 0.272 e. The third kappa shape index (κ3) is 8.71. The number of pyridine rings is 1. The van der Waals surface area contributed by atoms with Crippen LogP contribution in [0.1, 0.15) is 15.9 Å². The van der Waals surface area contributed by atoms with E-state index >= 15 is 0 Å². The third-order valence-electron chi connectivity index (χ3n) is 5.88. The van der Waals surface area contributed by atoms with Crippen molar-refractivity contribution in [3.63, 3.8) is 0 Å². The summed E-state index contributed by atoms with van der Waals surface area (Å²) in [6.45, 7) is 0. The van der Waals surface area contributed by atoms with E-state index in [4.69, 9.17) is 0 Å². The van der Waals surface area contributed by atoms with E-state index in [1.165, 1.54) is 23.1 Å². The monoisotopic (exact) mass is 669 g/mol. The zero-order chi connectivity index (χ0) is 30.0. The minimum Gasteiger partial charge on any atom is -0.321 e. The van der Waals surface area contributed by atoms with Crippen LogP contribution in [0.15, 0.2) is 124 Å². The molecule has 0 bridgehead atoms. The summed E-state index contributed by atoms with van der Waals surface area (Å²) < 4.78 is 0.983. The Labute approximate surface area is 264 Å². The van der Waals surface area contributed by atoms with Crippen LogP contribution < -0.4 is 16.0 Å². The Balaban J connectivity index is 1.21. The van der Waals surface area contributed by atoms with Crippen LogP contribution in [0.25, 0.3) is 17.3 Å². The zero-order valence-electron chi connectivity index (χ0n) is 22.5. The van der Waals surface area contributed by atoms with Gasteiger partial charge in [0, 0.05) is 44.0 Å². The van der Waals surface area contributed by atoms with Gasteiger partial charge in [-0.15, -0.1) is 23.1 Å². The van der Waals surface area contributed by atoms with Crippen molar-refractivity contribution in [3.8, 4) is 11.3 Å². The van der Waals surface area contributed by atoms with E-state index in [1.807, 2.05) is 41.8 Å². The summed E-state index contributed by atoms with van der Waals surface area (Å²) in [5.41, 5.74) is 3.41. The Hall–Kier alpha value is -4.58. The fourth-order valence-electron chi connectivity index (χ4n) is 3.82. The summed E-state index contributed by atoms with van der Waals surface area (Å²) in [4.78, 5) is 48.1. The molecule has 0 saturated heterocycles. The average molecular weight is 671 g/mol. The topological polar surface area (TPSA) is 113 Å². The van der Waals surface area contributed by atoms with Gasteiger partial charge in [-0.1, -0.05) is 58.4 Å². The van der Waals surface area contributed by atoms with E-state index in [2.05, 4.69) is 41.8 Å². The number of thiazole rings is 1. The fourth-order valence-corrected chi connectivity index (χ4v) is 5.58. The number of benzene rings is 3. The molecular formula is C32H24BrN5O3S2. The maximum atomic E-state index is 13.3. The molecule has 0 atom stereocenters. The van der Waals surface area contributed by atoms with E-state index in [0.29, 0.717) is 21.9 Å². The number of amides is 3. The lowest BCUT2D eigenvalue weighted by molar-refractivity contribution is -0.114. The number of hydrogen-bond acceptors (Lipinski definition) is 7. The van der Waals surface area contributed by atoms with E-state index in [1.54, 1.807) is 73.1 Å². The van der Waals surface area contributed by atoms with Gasteiger partial charge in [0.15, 0.2) is 5.13 Å². The van der Waals surface area contributed by atoms with Gasteiger partial charge in [-0.05, 0) is 60.2 Å². The van der Waals surface area contributed by atoms with Crippen molar-refractivity contribution >= 4 is 73.6 Å². The van der Waals surface area contributed by atoms with Crippen molar-refractivity contribution in [2.45, 2.75) is 4.90 Å². The van der Waals surface area contributed by atoms with Crippen LogP contribution in [0.4, 0.5) is 10.8 Å². The molecule has 3 amide bonds. The van der Waals surface area contributed by atoms with Crippen LogP contribution >= 0.6 is 39.0 Å². The smallest absolute Gasteiger partial charge is 0.272 e. The first-order valence-electron chi connectivity index (χ1n) is 13.0. The van der Waals surface area contributed by atoms with Gasteiger partial charge >= 0.3 is 0 Å². The molecule has 214 valence electrons. The molecule has 0 saturated carbocycles. The van der Waals surface area contributed by atoms with Gasteiger partial charge in [0.1, 0.15) is 5.70 Å². The highest BCUT2D eigenvalue weighted by molar-refractivity contribution is 9.10. The molecule has 11 heteroatoms. The Morgan fingerprint density at radius 1 is 0.907 bits per heavy atom. The van der Waals surface area contributed by atoms with Crippen molar-refractivity contribution in [1.82, 2.24) is 15.3 Å². The Morgan fingerprint density at radius 3 is 2.49 bits per heavy atom. The molecule has 0 aliphatic carbocycles. The van der Waals surface area contributed by atoms with Gasteiger partial charge in [0.05, 0.1) is 11.4 Å². The highest BCUT2D eigenvalue weighted by Crippen LogP contribution is 2.27. The number of aromatic nitrogens is 2. The standard InChI is InChI=1S/C32H24BrN5O3S2/c33-24-13-11-22(12-14-24)28-19-43-32(37-28)38-29(39)20-42-26-10-4-9-25(17-26)35-31(41)27(16-21-6-5-15-34-18-21)36-30(40)23-7-2-1-3-8-23/h1-19H,20H2,(H,35,41)(H,36,40)(H,37,38,39)/b27-16-. The van der Waals surface area contributed by atoms with Crippen LogP contribution in [-0.4, -0.2) is 33.4 Å². The molecule has 0 aliphatic heterocycles. The van der Waals surface area contributed by atoms with Crippen molar-refractivity contribution in [1.29, 1.82) is 0 Å². The van der Waals surface area contributed by atoms with Crippen LogP contribution in [-0.2, 0) is 9.59 Å². The first-order chi connectivity index (χ1) is 20.9. The van der Waals surface area contributed by atoms with Crippen molar-refractivity contribution in [2.75, 3.05) is 16.4 Å². The summed E-state index contributed by atoms with van der Waals surface area (Å²) in [6.07, 6.45) is 4.78. The van der Waals surface area contributed by atoms with Crippen LogP contribution in [0, 0.1) is 0 Å². The Kier molecular flexibility index (Phi) is 10.1. The second kappa shape index (κ2) is 14.5. The lowest BCUT2D eigenvalue weighted by atomic mass is 10.2. The SMILES string of the molecule is O=C(CSc1cccc(NC(=O)/C(=C/c2cccnc2)NC(=O)c2ccccc2)c1)Nc1nc(-c2ccc(Br)cc2)cs1. The molecular weight excluding hydrogens is 646 g/mol. The summed E-state index contributed by atoms with van der Waals surface area (Å²) in [5.74, 6) is -0.950. The number of rotatable bonds is 10. The largest absolute Gasteiger partial charge is 0.321 e. The van der Waals surface area contributed by atoms with Gasteiger partial charge in [0.2, 0.25) is 5.91 Å². The summed E-state index contributed by atoms with van der Waals surface area (Å²) >= 11 is 6.12. The van der Waals surface area contributed by atoms with E-state index < -0.39 is 11.8 Å². The Bertz CT molecular complexity index is 1760. The Morgan fingerprint density at radius 2 is 1.72 bits per heavy atom. The molecule has 0 unspecified atom stereocenters. The van der Waals surface area contributed by atoms with Crippen LogP contribution in [0.2, 0.25) is 0 Å². The highest BCUT2D eigenvalue weighted by atomic mass is 79.9. The van der Waals surface area contributed by atoms with Gasteiger partial charge in [0.25, 0.3) is 11.8 Å². The number of hydrogen-bond donors (Lipinski definition) is 3. The predicted octanol–water partition coefficient (Wildman–Crippen LogP) is 7.11. The summed E-state index contributed by atoms with van der Waals surface area (Å²) in [7, 11) is 0. The minimum atomic E-state index is -0.502. The second-order valence-electron chi connectivity index (χ2n) is 9.03. The molecule has 3 N–H and O–H groups in total. The molecule has 5 aromatic rings. The van der Waals surface area contributed by atoms with Gasteiger partial charge in [-0.25, -0.2) is 4.98 Å². The fraction of sp³-hybridized carbons (Fsp3) is 0.0312. The number of carbonyl (C=O) groups excluding carboxylic acids is 3. The highest BCUT2D eigenvalue weighted by Gasteiger charge is 2.16. The summed E-state index contributed by atoms with van der Waals surface area (Å²) in [5, 5.41) is 10.8. The van der Waals surface area contributed by atoms with Crippen molar-refractivity contribution in [2.24, 2.45) is 0 Å². The van der Waals surface area contributed by atoms with Crippen molar-refractivity contribution < 1.29 is 14.4 Å². The van der Waals surface area contributed by atoms with Gasteiger partial charge in [-0.3, -0.25) is 19.4 Å². The van der Waals surface area contributed by atoms with E-state index in [-0.39, 0.29) is 17.4 Å². The van der Waals surface area contributed by atoms with Gasteiger partial charge < -0.3 is 16.0 Å². The van der Waals surface area contributed by atoms with E-state index in [9.17, 15) is 14.4 Å². The lowest BCUT2D eigenvalue weighted by Crippen LogP contribution is -2.30. The third-order valence-corrected chi connectivity index (χ3v) is 8.16. The molecule has 5 rings (SSSR count). The molecule has 0 fully saturated rings. The summed E-state index contributed by atoms with van der Waals surface area (Å²) in [6, 6.07) is 27.1. The normalized spacial score (nSPS) is 11.0. The predicted molar refractivity (Wildman–Crippen MR) is 176 cm³/mol. The molecule has 8 nitrogen and oxygen atoms in total. The van der Waals surface area contributed by atoms with Crippen LogP contribution in [0.5, 0.6) is 0 Å². The maximum absolute atomic E-state index is 13.3. The number of anilines is 2. The molecule has 0 aliphatic rings. The number of carbonyl (C=O) groups is 3. The molecule has 2 heterocycles. The number of halogens is 1. The first-order valence-corrected chi connectivity index (χ1v) is 15.6. The first kappa shape index (κ1) is 29.9. The quantitative estimate of drug-likeness (QED) is 0.108. The molecule has 2 aromatic heterocycles. The molecule has 43 heavy (non-hydrogen) atoms. The lowest BCUT2D eigenvalue weighted by Gasteiger charge is -2.12. The molecule has 0 radical (unpaired) electrons. The molecule has 0 spiro atoms. The van der Waals surface area contributed by atoms with Crippen LogP contribution in [0.3, 0.4) is 0 Å². The second-order valence-corrected chi connectivity index (χ2v) is 11.9. The zero-order valence-corrected chi connectivity index (χ0v) is 25.7. The molecule has 3 aromatic carbocycles. The number of nitrogens with one attached hydrogen (secondary N) is 3. The van der Waals surface area contributed by atoms with Crippen molar-refractivity contribution in [3.05, 3.63) is 130 Å². The average Bonchev–Trinajstić information content (AvgIpc) is 3.49. The number of thioether (sulfide) groups is 1. The van der Waals surface area contributed by atoms with E-state index in [0.717, 1.165) is 20.6 Å².